The first kappa shape index (κ1) is 18.2. The van der Waals surface area contributed by atoms with Gasteiger partial charge in [0.05, 0.1) is 17.9 Å². The topological polar surface area (TPSA) is 45.6 Å². The number of morpholine rings is 1. The molecule has 0 aliphatic carbocycles. The molecule has 1 aliphatic heterocycles. The second-order valence-electron chi connectivity index (χ2n) is 7.10. The molecule has 132 valence electrons. The van der Waals surface area contributed by atoms with Gasteiger partial charge in [0.25, 0.3) is 0 Å². The first-order valence-electron chi connectivity index (χ1n) is 8.59. The van der Waals surface area contributed by atoms with Crippen LogP contribution in [0, 0.1) is 6.92 Å². The second kappa shape index (κ2) is 7.64. The van der Waals surface area contributed by atoms with E-state index in [1.165, 1.54) is 11.4 Å². The van der Waals surface area contributed by atoms with Gasteiger partial charge in [0.2, 0.25) is 0 Å². The number of nitrogens with zero attached hydrogens (tertiary/aromatic N) is 4. The van der Waals surface area contributed by atoms with Gasteiger partial charge < -0.3 is 15.0 Å². The number of nitrogens with one attached hydrogen (secondary N) is 1. The van der Waals surface area contributed by atoms with Crippen molar-refractivity contribution in [2.24, 2.45) is 7.05 Å². The summed E-state index contributed by atoms with van der Waals surface area (Å²) in [6.45, 7) is 12.5. The molecule has 0 aromatic carbocycles. The lowest BCUT2D eigenvalue weighted by molar-refractivity contribution is -0.0781. The fourth-order valence-electron chi connectivity index (χ4n) is 3.57. The first-order valence-corrected chi connectivity index (χ1v) is 8.59. The Balaban J connectivity index is 1.90. The highest BCUT2D eigenvalue weighted by Gasteiger charge is 2.25. The molecule has 1 aliphatic rings. The van der Waals surface area contributed by atoms with Crippen LogP contribution in [0.3, 0.4) is 0 Å². The Bertz CT molecular complexity index is 503. The number of ether oxygens (including phenoxy) is 1. The summed E-state index contributed by atoms with van der Waals surface area (Å²) in [5.74, 6) is 1.18. The third-order valence-corrected chi connectivity index (χ3v) is 4.55. The van der Waals surface area contributed by atoms with Crippen LogP contribution in [0.15, 0.2) is 0 Å². The second-order valence-corrected chi connectivity index (χ2v) is 7.10. The Morgan fingerprint density at radius 2 is 1.91 bits per heavy atom. The van der Waals surface area contributed by atoms with Gasteiger partial charge in [-0.25, -0.2) is 0 Å². The predicted molar refractivity (Wildman–Crippen MR) is 95.0 cm³/mol. The number of rotatable bonds is 6. The molecule has 0 spiro atoms. The van der Waals surface area contributed by atoms with Gasteiger partial charge >= 0.3 is 0 Å². The van der Waals surface area contributed by atoms with Gasteiger partial charge in [-0.1, -0.05) is 0 Å². The Hall–Kier alpha value is -1.11. The van der Waals surface area contributed by atoms with Crippen LogP contribution < -0.4 is 10.2 Å². The summed E-state index contributed by atoms with van der Waals surface area (Å²) < 4.78 is 7.78. The quantitative estimate of drug-likeness (QED) is 0.857. The molecule has 2 heterocycles. The lowest BCUT2D eigenvalue weighted by atomic mass is 10.1. The molecule has 6 nitrogen and oxygen atoms in total. The molecule has 2 rings (SSSR count). The molecule has 1 fully saturated rings. The van der Waals surface area contributed by atoms with Gasteiger partial charge in [-0.2, -0.15) is 5.10 Å². The number of hydrogen-bond acceptors (Lipinski definition) is 5. The summed E-state index contributed by atoms with van der Waals surface area (Å²) >= 11 is 0. The van der Waals surface area contributed by atoms with Crippen LogP contribution in [0.5, 0.6) is 0 Å². The average Bonchev–Trinajstić information content (AvgIpc) is 2.72. The summed E-state index contributed by atoms with van der Waals surface area (Å²) in [5, 5.41) is 8.16. The summed E-state index contributed by atoms with van der Waals surface area (Å²) in [6.07, 6.45) is 0.643. The van der Waals surface area contributed by atoms with Crippen LogP contribution in [-0.2, 0) is 18.3 Å². The molecule has 0 saturated carbocycles. The van der Waals surface area contributed by atoms with Gasteiger partial charge in [-0.15, -0.1) is 0 Å². The van der Waals surface area contributed by atoms with E-state index in [0.717, 1.165) is 31.9 Å². The van der Waals surface area contributed by atoms with Gasteiger partial charge in [-0.3, -0.25) is 9.58 Å². The van der Waals surface area contributed by atoms with Crippen LogP contribution in [0.4, 0.5) is 5.82 Å². The molecule has 0 bridgehead atoms. The number of aromatic nitrogens is 2. The van der Waals surface area contributed by atoms with E-state index in [1.54, 1.807) is 0 Å². The predicted octanol–water partition coefficient (Wildman–Crippen LogP) is 1.38. The highest BCUT2D eigenvalue weighted by Crippen LogP contribution is 2.21. The van der Waals surface area contributed by atoms with E-state index < -0.39 is 0 Å². The standard InChI is InChI=1S/C17H33N5O/c1-12(22-10-13(2)23-14(3)11-22)8-18-9-16-15(4)19-21(7)17(16)20(5)6/h12-14,18H,8-11H2,1-7H3/t12-,13-,14+/m1/s1. The van der Waals surface area contributed by atoms with E-state index in [9.17, 15) is 0 Å². The molecule has 1 saturated heterocycles. The Morgan fingerprint density at radius 3 is 2.48 bits per heavy atom. The lowest BCUT2D eigenvalue weighted by Gasteiger charge is -2.39. The van der Waals surface area contributed by atoms with E-state index in [2.05, 4.69) is 62.0 Å². The van der Waals surface area contributed by atoms with Crippen molar-refractivity contribution in [2.75, 3.05) is 38.6 Å². The Morgan fingerprint density at radius 1 is 1.30 bits per heavy atom. The smallest absolute Gasteiger partial charge is 0.130 e. The van der Waals surface area contributed by atoms with E-state index in [4.69, 9.17) is 4.74 Å². The maximum absolute atomic E-state index is 5.82. The maximum atomic E-state index is 5.82. The zero-order valence-electron chi connectivity index (χ0n) is 15.8. The molecule has 1 aromatic rings. The zero-order chi connectivity index (χ0) is 17.1. The molecule has 0 amide bonds. The molecular weight excluding hydrogens is 290 g/mol. The molecule has 0 radical (unpaired) electrons. The van der Waals surface area contributed by atoms with Gasteiger partial charge in [0.1, 0.15) is 5.82 Å². The Labute approximate surface area is 140 Å². The summed E-state index contributed by atoms with van der Waals surface area (Å²) in [6, 6.07) is 0.503. The van der Waals surface area contributed by atoms with Crippen LogP contribution in [0.1, 0.15) is 32.0 Å². The van der Waals surface area contributed by atoms with Crippen molar-refractivity contribution in [3.63, 3.8) is 0 Å². The largest absolute Gasteiger partial charge is 0.373 e. The van der Waals surface area contributed by atoms with E-state index in [1.807, 2.05) is 11.7 Å². The molecule has 3 atom stereocenters. The third kappa shape index (κ3) is 4.46. The van der Waals surface area contributed by atoms with Crippen molar-refractivity contribution >= 4 is 5.82 Å². The van der Waals surface area contributed by atoms with Crippen LogP contribution in [-0.4, -0.2) is 66.7 Å². The maximum Gasteiger partial charge on any atom is 0.130 e. The molecule has 23 heavy (non-hydrogen) atoms. The zero-order valence-corrected chi connectivity index (χ0v) is 15.8. The van der Waals surface area contributed by atoms with Gasteiger partial charge in [0, 0.05) is 58.9 Å². The SMILES string of the molecule is Cc1nn(C)c(N(C)C)c1CNC[C@@H](C)N1C[C@@H](C)O[C@@H](C)C1. The van der Waals surface area contributed by atoms with Crippen molar-refractivity contribution in [3.05, 3.63) is 11.3 Å². The Kier molecular flexibility index (Phi) is 6.06. The number of aryl methyl sites for hydroxylation is 2. The average molecular weight is 323 g/mol. The highest BCUT2D eigenvalue weighted by molar-refractivity contribution is 5.48. The van der Waals surface area contributed by atoms with Crippen molar-refractivity contribution in [1.82, 2.24) is 20.0 Å². The molecule has 1 N–H and O–H groups in total. The van der Waals surface area contributed by atoms with Crippen molar-refractivity contribution in [1.29, 1.82) is 0 Å². The van der Waals surface area contributed by atoms with Crippen LogP contribution in [0.2, 0.25) is 0 Å². The fourth-order valence-corrected chi connectivity index (χ4v) is 3.57. The first-order chi connectivity index (χ1) is 10.8. The minimum atomic E-state index is 0.321. The lowest BCUT2D eigenvalue weighted by Crippen LogP contribution is -2.51. The van der Waals surface area contributed by atoms with E-state index in [0.29, 0.717) is 18.2 Å². The minimum absolute atomic E-state index is 0.321. The van der Waals surface area contributed by atoms with Gasteiger partial charge in [-0.05, 0) is 27.7 Å². The normalized spacial score (nSPS) is 24.0. The highest BCUT2D eigenvalue weighted by atomic mass is 16.5. The number of hydrogen-bond donors (Lipinski definition) is 1. The number of anilines is 1. The summed E-state index contributed by atoms with van der Waals surface area (Å²) in [5.41, 5.74) is 2.39. The summed E-state index contributed by atoms with van der Waals surface area (Å²) in [7, 11) is 6.14. The van der Waals surface area contributed by atoms with E-state index >= 15 is 0 Å². The summed E-state index contributed by atoms with van der Waals surface area (Å²) in [4.78, 5) is 4.65. The van der Waals surface area contributed by atoms with Crippen molar-refractivity contribution in [2.45, 2.75) is 52.5 Å². The molecule has 1 aromatic heterocycles. The monoisotopic (exact) mass is 323 g/mol. The molecule has 0 unspecified atom stereocenters. The van der Waals surface area contributed by atoms with E-state index in [-0.39, 0.29) is 0 Å². The van der Waals surface area contributed by atoms with Crippen molar-refractivity contribution < 1.29 is 4.74 Å². The van der Waals surface area contributed by atoms with Gasteiger partial charge in [0.15, 0.2) is 0 Å². The molecule has 6 heteroatoms. The van der Waals surface area contributed by atoms with Crippen molar-refractivity contribution in [3.8, 4) is 0 Å². The fraction of sp³-hybridized carbons (Fsp3) is 0.824. The van der Waals surface area contributed by atoms with Crippen LogP contribution in [0.25, 0.3) is 0 Å². The molecular formula is C17H33N5O. The third-order valence-electron chi connectivity index (χ3n) is 4.55. The van der Waals surface area contributed by atoms with Crippen LogP contribution >= 0.6 is 0 Å². The minimum Gasteiger partial charge on any atom is -0.373 e.